The molecule has 0 aromatic heterocycles. The molecule has 3 amide bonds. The molecule has 29 heavy (non-hydrogen) atoms. The number of anilines is 2. The fourth-order valence-corrected chi connectivity index (χ4v) is 5.19. The van der Waals surface area contributed by atoms with E-state index in [1.54, 1.807) is 24.3 Å². The lowest BCUT2D eigenvalue weighted by Gasteiger charge is -2.30. The molecule has 6 heteroatoms. The second kappa shape index (κ2) is 6.03. The summed E-state index contributed by atoms with van der Waals surface area (Å²) in [4.78, 5) is 43.3. The van der Waals surface area contributed by atoms with E-state index in [-0.39, 0.29) is 30.3 Å². The lowest BCUT2D eigenvalue weighted by Crippen LogP contribution is -2.55. The molecule has 2 saturated heterocycles. The maximum atomic E-state index is 13.6. The van der Waals surface area contributed by atoms with Gasteiger partial charge < -0.3 is 0 Å². The van der Waals surface area contributed by atoms with E-state index in [1.165, 1.54) is 9.80 Å². The van der Waals surface area contributed by atoms with Gasteiger partial charge in [-0.15, -0.1) is 6.42 Å². The van der Waals surface area contributed by atoms with Crippen molar-refractivity contribution in [3.8, 4) is 12.3 Å². The van der Waals surface area contributed by atoms with E-state index in [2.05, 4.69) is 11.2 Å². The molecule has 2 aromatic carbocycles. The van der Waals surface area contributed by atoms with E-state index < -0.39 is 17.4 Å². The van der Waals surface area contributed by atoms with Crippen LogP contribution in [0.15, 0.2) is 54.6 Å². The molecular formula is C23H19N3O3. The summed E-state index contributed by atoms with van der Waals surface area (Å²) < 4.78 is 0. The van der Waals surface area contributed by atoms with Gasteiger partial charge in [-0.25, -0.2) is 4.90 Å². The van der Waals surface area contributed by atoms with Crippen LogP contribution >= 0.6 is 0 Å². The highest BCUT2D eigenvalue weighted by Crippen LogP contribution is 2.54. The third kappa shape index (κ3) is 2.08. The van der Waals surface area contributed by atoms with Crippen LogP contribution in [0.25, 0.3) is 0 Å². The minimum atomic E-state index is -1.28. The highest BCUT2D eigenvalue weighted by Gasteiger charge is 2.71. The van der Waals surface area contributed by atoms with Gasteiger partial charge in [0.15, 0.2) is 0 Å². The summed E-state index contributed by atoms with van der Waals surface area (Å²) in [6.07, 6.45) is 5.50. The number of para-hydroxylation sites is 2. The first kappa shape index (κ1) is 17.7. The first-order chi connectivity index (χ1) is 14.0. The number of fused-ring (bicyclic) bond motifs is 4. The molecule has 5 rings (SSSR count). The fraction of sp³-hybridized carbons (Fsp3) is 0.261. The van der Waals surface area contributed by atoms with Crippen molar-refractivity contribution in [1.82, 2.24) is 5.32 Å². The van der Waals surface area contributed by atoms with Crippen molar-refractivity contribution < 1.29 is 14.4 Å². The first-order valence-electron chi connectivity index (χ1n) is 9.58. The van der Waals surface area contributed by atoms with Crippen molar-refractivity contribution in [2.75, 3.05) is 16.3 Å². The number of hydrogen-bond acceptors (Lipinski definition) is 4. The third-order valence-corrected chi connectivity index (χ3v) is 6.28. The lowest BCUT2D eigenvalue weighted by molar-refractivity contribution is -0.132. The van der Waals surface area contributed by atoms with Crippen LogP contribution in [0.3, 0.4) is 0 Å². The SMILES string of the molecule is C#CCN1C(=O)[C@]2(N[C@@H](C)[C@@H]3C(=O)N(c4ccccc4)C(=O)[C@H]32)c2ccccc21. The number of rotatable bonds is 2. The van der Waals surface area contributed by atoms with Crippen LogP contribution in [-0.4, -0.2) is 30.3 Å². The molecule has 3 heterocycles. The number of carbonyl (C=O) groups is 3. The second-order valence-corrected chi connectivity index (χ2v) is 7.70. The van der Waals surface area contributed by atoms with Gasteiger partial charge in [-0.05, 0) is 25.1 Å². The molecule has 1 N–H and O–H groups in total. The van der Waals surface area contributed by atoms with Crippen molar-refractivity contribution in [2.45, 2.75) is 18.5 Å². The van der Waals surface area contributed by atoms with E-state index in [1.807, 2.05) is 37.3 Å². The van der Waals surface area contributed by atoms with Crippen LogP contribution in [0.1, 0.15) is 12.5 Å². The molecule has 1 spiro atoms. The van der Waals surface area contributed by atoms with Crippen molar-refractivity contribution >= 4 is 29.1 Å². The number of benzene rings is 2. The predicted molar refractivity (Wildman–Crippen MR) is 108 cm³/mol. The Morgan fingerprint density at radius 1 is 1.03 bits per heavy atom. The fourth-order valence-electron chi connectivity index (χ4n) is 5.19. The standard InChI is InChI=1S/C23H19N3O3/c1-3-13-25-17-12-8-7-11-16(17)23(22(25)29)19-18(14(2)24-23)20(27)26(21(19)28)15-9-5-4-6-10-15/h1,4-12,14,18-19,24H,13H2,2H3/t14-,18-,19-,23-/m0/s1. The van der Waals surface area contributed by atoms with Crippen LogP contribution < -0.4 is 15.1 Å². The molecule has 2 aromatic rings. The zero-order chi connectivity index (χ0) is 20.3. The Morgan fingerprint density at radius 2 is 1.72 bits per heavy atom. The number of imide groups is 1. The molecule has 6 nitrogen and oxygen atoms in total. The van der Waals surface area contributed by atoms with Gasteiger partial charge in [0.25, 0.3) is 5.91 Å². The minimum absolute atomic E-state index is 0.107. The Kier molecular flexibility index (Phi) is 3.67. The van der Waals surface area contributed by atoms with Crippen LogP contribution in [0, 0.1) is 24.2 Å². The maximum Gasteiger partial charge on any atom is 0.253 e. The van der Waals surface area contributed by atoms with Gasteiger partial charge in [-0.2, -0.15) is 0 Å². The summed E-state index contributed by atoms with van der Waals surface area (Å²) in [5, 5.41) is 3.33. The summed E-state index contributed by atoms with van der Waals surface area (Å²) in [7, 11) is 0. The monoisotopic (exact) mass is 385 g/mol. The molecule has 0 bridgehead atoms. The average Bonchev–Trinajstić information content (AvgIpc) is 3.27. The molecule has 2 fully saturated rings. The minimum Gasteiger partial charge on any atom is -0.298 e. The summed E-state index contributed by atoms with van der Waals surface area (Å²) in [5.74, 6) is 0.191. The Bertz CT molecular complexity index is 1090. The van der Waals surface area contributed by atoms with Gasteiger partial charge in [0.2, 0.25) is 11.8 Å². The molecule has 3 aliphatic rings. The summed E-state index contributed by atoms with van der Waals surface area (Å²) in [6.45, 7) is 1.96. The number of carbonyl (C=O) groups excluding carboxylic acids is 3. The topological polar surface area (TPSA) is 69.7 Å². The van der Waals surface area contributed by atoms with Gasteiger partial charge in [-0.1, -0.05) is 42.3 Å². The molecule has 4 atom stereocenters. The number of amides is 3. The number of nitrogens with one attached hydrogen (secondary N) is 1. The Labute approximate surface area is 168 Å². The quantitative estimate of drug-likeness (QED) is 0.631. The molecule has 0 aliphatic carbocycles. The van der Waals surface area contributed by atoms with Crippen molar-refractivity contribution in [3.05, 3.63) is 60.2 Å². The van der Waals surface area contributed by atoms with Crippen molar-refractivity contribution in [3.63, 3.8) is 0 Å². The molecular weight excluding hydrogens is 366 g/mol. The van der Waals surface area contributed by atoms with Gasteiger partial charge >= 0.3 is 0 Å². The zero-order valence-corrected chi connectivity index (χ0v) is 15.8. The summed E-state index contributed by atoms with van der Waals surface area (Å²) in [6, 6.07) is 15.9. The number of nitrogens with zero attached hydrogens (tertiary/aromatic N) is 2. The Balaban J connectivity index is 1.69. The Hall–Kier alpha value is -3.43. The van der Waals surface area contributed by atoms with Crippen LogP contribution in [-0.2, 0) is 19.9 Å². The molecule has 144 valence electrons. The summed E-state index contributed by atoms with van der Waals surface area (Å²) >= 11 is 0. The maximum absolute atomic E-state index is 13.6. The molecule has 0 saturated carbocycles. The van der Waals surface area contributed by atoms with Gasteiger partial charge in [0.1, 0.15) is 5.54 Å². The smallest absolute Gasteiger partial charge is 0.253 e. The van der Waals surface area contributed by atoms with Crippen LogP contribution in [0.2, 0.25) is 0 Å². The van der Waals surface area contributed by atoms with E-state index >= 15 is 0 Å². The van der Waals surface area contributed by atoms with Crippen LogP contribution in [0.5, 0.6) is 0 Å². The highest BCUT2D eigenvalue weighted by molar-refractivity contribution is 6.26. The molecule has 0 unspecified atom stereocenters. The molecule has 0 radical (unpaired) electrons. The highest BCUT2D eigenvalue weighted by atomic mass is 16.2. The van der Waals surface area contributed by atoms with Gasteiger partial charge in [-0.3, -0.25) is 24.6 Å². The van der Waals surface area contributed by atoms with Crippen molar-refractivity contribution in [1.29, 1.82) is 0 Å². The largest absolute Gasteiger partial charge is 0.298 e. The first-order valence-corrected chi connectivity index (χ1v) is 9.58. The van der Waals surface area contributed by atoms with E-state index in [0.29, 0.717) is 16.9 Å². The van der Waals surface area contributed by atoms with Crippen LogP contribution in [0.4, 0.5) is 11.4 Å². The number of terminal acetylenes is 1. The van der Waals surface area contributed by atoms with Crippen molar-refractivity contribution in [2.24, 2.45) is 11.8 Å². The lowest BCUT2D eigenvalue weighted by atomic mass is 9.76. The van der Waals surface area contributed by atoms with Gasteiger partial charge in [0, 0.05) is 11.6 Å². The van der Waals surface area contributed by atoms with E-state index in [0.717, 1.165) is 0 Å². The third-order valence-electron chi connectivity index (χ3n) is 6.28. The summed E-state index contributed by atoms with van der Waals surface area (Å²) in [5.41, 5.74) is 0.636. The normalized spacial score (nSPS) is 30.1. The van der Waals surface area contributed by atoms with E-state index in [4.69, 9.17) is 6.42 Å². The second-order valence-electron chi connectivity index (χ2n) is 7.70. The number of hydrogen-bond donors (Lipinski definition) is 1. The zero-order valence-electron chi connectivity index (χ0n) is 15.8. The Morgan fingerprint density at radius 3 is 2.45 bits per heavy atom. The van der Waals surface area contributed by atoms with Gasteiger partial charge in [0.05, 0.1) is 29.8 Å². The average molecular weight is 385 g/mol. The predicted octanol–water partition coefficient (Wildman–Crippen LogP) is 1.66. The van der Waals surface area contributed by atoms with E-state index in [9.17, 15) is 14.4 Å². The molecule has 3 aliphatic heterocycles.